The number of aliphatic imine (C=N–C) groups is 1. The molecule has 0 aromatic rings. The van der Waals surface area contributed by atoms with E-state index >= 15 is 0 Å². The van der Waals surface area contributed by atoms with Crippen molar-refractivity contribution in [2.75, 3.05) is 0 Å². The van der Waals surface area contributed by atoms with Gasteiger partial charge in [-0.25, -0.2) is 0 Å². The molecule has 0 heterocycles. The lowest BCUT2D eigenvalue weighted by Gasteiger charge is -2.25. The van der Waals surface area contributed by atoms with Gasteiger partial charge in [0.25, 0.3) is 0 Å². The zero-order chi connectivity index (χ0) is 10.3. The Morgan fingerprint density at radius 1 is 1.15 bits per heavy atom. The van der Waals surface area contributed by atoms with Gasteiger partial charge in [0.15, 0.2) is 0 Å². The largest absolute Gasteiger partial charge is 0.387 e. The summed E-state index contributed by atoms with van der Waals surface area (Å²) in [7, 11) is 0. The van der Waals surface area contributed by atoms with E-state index in [1.165, 1.54) is 12.8 Å². The summed E-state index contributed by atoms with van der Waals surface area (Å²) in [6.45, 7) is 10.7. The van der Waals surface area contributed by atoms with Gasteiger partial charge in [-0.2, -0.15) is 0 Å². The van der Waals surface area contributed by atoms with Gasteiger partial charge in [-0.1, -0.05) is 20.8 Å². The third-order valence-electron chi connectivity index (χ3n) is 2.75. The van der Waals surface area contributed by atoms with Crippen molar-refractivity contribution < 1.29 is 0 Å². The average Bonchev–Trinajstić information content (AvgIpc) is 2.62. The zero-order valence-corrected chi connectivity index (χ0v) is 9.52. The molecule has 1 fully saturated rings. The molecule has 1 rings (SSSR count). The predicted octanol–water partition coefficient (Wildman–Crippen LogP) is 2.58. The first-order chi connectivity index (χ1) is 5.73. The Morgan fingerprint density at radius 3 is 1.92 bits per heavy atom. The second-order valence-electron chi connectivity index (χ2n) is 5.67. The van der Waals surface area contributed by atoms with Gasteiger partial charge in [0.2, 0.25) is 0 Å². The minimum absolute atomic E-state index is 0.00611. The van der Waals surface area contributed by atoms with Gasteiger partial charge in [0.1, 0.15) is 0 Å². The molecule has 0 amide bonds. The highest BCUT2D eigenvalue weighted by molar-refractivity contribution is 5.85. The van der Waals surface area contributed by atoms with Crippen LogP contribution in [0.15, 0.2) is 4.99 Å². The van der Waals surface area contributed by atoms with E-state index in [0.29, 0.717) is 0 Å². The minimum Gasteiger partial charge on any atom is -0.387 e. The number of amidine groups is 1. The van der Waals surface area contributed by atoms with E-state index in [1.54, 1.807) is 0 Å². The van der Waals surface area contributed by atoms with E-state index in [-0.39, 0.29) is 11.0 Å². The highest BCUT2D eigenvalue weighted by atomic mass is 15.0. The standard InChI is InChI=1S/C11H22N2/c1-10(2,3)9(12)13-11(4,5)8-6-7-8/h8H,6-7H2,1-5H3,(H2,12,13). The molecule has 0 aliphatic heterocycles. The Morgan fingerprint density at radius 2 is 1.62 bits per heavy atom. The van der Waals surface area contributed by atoms with E-state index in [4.69, 9.17) is 5.73 Å². The molecule has 76 valence electrons. The second-order valence-corrected chi connectivity index (χ2v) is 5.67. The summed E-state index contributed by atoms with van der Waals surface area (Å²) in [6.07, 6.45) is 2.63. The average molecular weight is 182 g/mol. The van der Waals surface area contributed by atoms with Crippen LogP contribution in [0.5, 0.6) is 0 Å². The first-order valence-corrected chi connectivity index (χ1v) is 5.09. The highest BCUT2D eigenvalue weighted by Crippen LogP contribution is 2.42. The van der Waals surface area contributed by atoms with E-state index in [1.807, 2.05) is 0 Å². The Hall–Kier alpha value is -0.530. The smallest absolute Gasteiger partial charge is 0.0998 e. The van der Waals surface area contributed by atoms with Crippen molar-refractivity contribution in [3.8, 4) is 0 Å². The molecule has 0 spiro atoms. The second kappa shape index (κ2) is 3.00. The van der Waals surface area contributed by atoms with Crippen molar-refractivity contribution in [3.05, 3.63) is 0 Å². The molecule has 0 atom stereocenters. The number of hydrogen-bond donors (Lipinski definition) is 1. The summed E-state index contributed by atoms with van der Waals surface area (Å²) in [4.78, 5) is 4.64. The Bertz CT molecular complexity index is 217. The monoisotopic (exact) mass is 182 g/mol. The van der Waals surface area contributed by atoms with Crippen molar-refractivity contribution in [2.24, 2.45) is 22.1 Å². The minimum atomic E-state index is 0.00611. The summed E-state index contributed by atoms with van der Waals surface area (Å²) in [5.41, 5.74) is 6.01. The Balaban J connectivity index is 2.73. The van der Waals surface area contributed by atoms with Gasteiger partial charge in [-0.3, -0.25) is 4.99 Å². The maximum atomic E-state index is 5.95. The van der Waals surface area contributed by atoms with Gasteiger partial charge >= 0.3 is 0 Å². The number of hydrogen-bond acceptors (Lipinski definition) is 1. The molecule has 0 unspecified atom stereocenters. The van der Waals surface area contributed by atoms with Crippen LogP contribution in [0.3, 0.4) is 0 Å². The van der Waals surface area contributed by atoms with Crippen molar-refractivity contribution in [2.45, 2.75) is 53.0 Å². The van der Waals surface area contributed by atoms with Crippen LogP contribution in [-0.2, 0) is 0 Å². The van der Waals surface area contributed by atoms with Crippen LogP contribution in [0.4, 0.5) is 0 Å². The first kappa shape index (κ1) is 10.6. The zero-order valence-electron chi connectivity index (χ0n) is 9.52. The number of nitrogens with two attached hydrogens (primary N) is 1. The van der Waals surface area contributed by atoms with Gasteiger partial charge in [0, 0.05) is 5.41 Å². The normalized spacial score (nSPS) is 20.5. The lowest BCUT2D eigenvalue weighted by atomic mass is 9.93. The molecule has 2 heteroatoms. The van der Waals surface area contributed by atoms with Crippen LogP contribution in [-0.4, -0.2) is 11.4 Å². The summed E-state index contributed by atoms with van der Waals surface area (Å²) in [5, 5.41) is 0. The molecule has 0 aromatic heterocycles. The predicted molar refractivity (Wildman–Crippen MR) is 57.9 cm³/mol. The molecule has 2 N–H and O–H groups in total. The topological polar surface area (TPSA) is 38.4 Å². The molecule has 1 saturated carbocycles. The Kier molecular flexibility index (Phi) is 2.44. The number of nitrogens with zero attached hydrogens (tertiary/aromatic N) is 1. The maximum absolute atomic E-state index is 5.95. The van der Waals surface area contributed by atoms with E-state index in [9.17, 15) is 0 Å². The highest BCUT2D eigenvalue weighted by Gasteiger charge is 2.38. The van der Waals surface area contributed by atoms with E-state index in [2.05, 4.69) is 39.6 Å². The summed E-state index contributed by atoms with van der Waals surface area (Å²) >= 11 is 0. The van der Waals surface area contributed by atoms with Crippen LogP contribution in [0.25, 0.3) is 0 Å². The number of rotatable bonds is 2. The van der Waals surface area contributed by atoms with Crippen molar-refractivity contribution >= 4 is 5.84 Å². The third kappa shape index (κ3) is 2.71. The molecule has 1 aliphatic rings. The molecular weight excluding hydrogens is 160 g/mol. The maximum Gasteiger partial charge on any atom is 0.0998 e. The van der Waals surface area contributed by atoms with Gasteiger partial charge in [-0.05, 0) is 32.6 Å². The van der Waals surface area contributed by atoms with E-state index < -0.39 is 0 Å². The van der Waals surface area contributed by atoms with Gasteiger partial charge < -0.3 is 5.73 Å². The van der Waals surface area contributed by atoms with E-state index in [0.717, 1.165) is 11.8 Å². The third-order valence-corrected chi connectivity index (χ3v) is 2.75. The first-order valence-electron chi connectivity index (χ1n) is 5.09. The molecule has 0 saturated heterocycles. The fourth-order valence-electron chi connectivity index (χ4n) is 1.36. The summed E-state index contributed by atoms with van der Waals surface area (Å²) in [6, 6.07) is 0. The molecular formula is C11H22N2. The quantitative estimate of drug-likeness (QED) is 0.517. The van der Waals surface area contributed by atoms with Crippen LogP contribution in [0, 0.1) is 11.3 Å². The van der Waals surface area contributed by atoms with Crippen LogP contribution < -0.4 is 5.73 Å². The van der Waals surface area contributed by atoms with Crippen molar-refractivity contribution in [3.63, 3.8) is 0 Å². The van der Waals surface area contributed by atoms with Crippen LogP contribution in [0.2, 0.25) is 0 Å². The fourth-order valence-corrected chi connectivity index (χ4v) is 1.36. The lowest BCUT2D eigenvalue weighted by molar-refractivity contribution is 0.444. The Labute approximate surface area is 81.6 Å². The van der Waals surface area contributed by atoms with Gasteiger partial charge in [-0.15, -0.1) is 0 Å². The fraction of sp³-hybridized carbons (Fsp3) is 0.909. The molecule has 2 nitrogen and oxygen atoms in total. The lowest BCUT2D eigenvalue weighted by Crippen LogP contribution is -2.34. The molecule has 0 radical (unpaired) electrons. The molecule has 0 bridgehead atoms. The summed E-state index contributed by atoms with van der Waals surface area (Å²) in [5.74, 6) is 1.54. The van der Waals surface area contributed by atoms with Crippen molar-refractivity contribution in [1.82, 2.24) is 0 Å². The van der Waals surface area contributed by atoms with Crippen molar-refractivity contribution in [1.29, 1.82) is 0 Å². The molecule has 1 aliphatic carbocycles. The summed E-state index contributed by atoms with van der Waals surface area (Å²) < 4.78 is 0. The van der Waals surface area contributed by atoms with Gasteiger partial charge in [0.05, 0.1) is 11.4 Å². The van der Waals surface area contributed by atoms with Crippen LogP contribution >= 0.6 is 0 Å². The van der Waals surface area contributed by atoms with Crippen LogP contribution in [0.1, 0.15) is 47.5 Å². The SMILES string of the molecule is CC(C)(C)C(N)=NC(C)(C)C1CC1. The molecule has 13 heavy (non-hydrogen) atoms. The molecule has 0 aromatic carbocycles.